The zero-order valence-corrected chi connectivity index (χ0v) is 8.62. The van der Waals surface area contributed by atoms with Crippen LogP contribution in [0.2, 0.25) is 0 Å². The Hall–Kier alpha value is -1.06. The Labute approximate surface area is 83.6 Å². The molecule has 1 aliphatic heterocycles. The molecule has 2 unspecified atom stereocenters. The van der Waals surface area contributed by atoms with Gasteiger partial charge in [-0.15, -0.1) is 0 Å². The van der Waals surface area contributed by atoms with Crippen molar-refractivity contribution in [3.63, 3.8) is 0 Å². The van der Waals surface area contributed by atoms with E-state index in [1.54, 1.807) is 13.8 Å². The van der Waals surface area contributed by atoms with Crippen LogP contribution in [0, 0.1) is 11.8 Å². The highest BCUT2D eigenvalue weighted by Crippen LogP contribution is 2.16. The second-order valence-electron chi connectivity index (χ2n) is 3.62. The van der Waals surface area contributed by atoms with Crippen molar-refractivity contribution in [2.24, 2.45) is 11.8 Å². The van der Waals surface area contributed by atoms with Crippen LogP contribution in [0.1, 0.15) is 26.7 Å². The van der Waals surface area contributed by atoms with Gasteiger partial charge in [0.15, 0.2) is 0 Å². The molecule has 0 radical (unpaired) electrons. The Morgan fingerprint density at radius 1 is 0.929 bits per heavy atom. The van der Waals surface area contributed by atoms with E-state index in [1.165, 1.54) is 0 Å². The molecule has 0 N–H and O–H groups in total. The molecule has 1 heterocycles. The van der Waals surface area contributed by atoms with Gasteiger partial charge in [-0.3, -0.25) is 9.59 Å². The van der Waals surface area contributed by atoms with E-state index in [0.29, 0.717) is 13.2 Å². The zero-order valence-electron chi connectivity index (χ0n) is 8.62. The van der Waals surface area contributed by atoms with E-state index >= 15 is 0 Å². The van der Waals surface area contributed by atoms with Gasteiger partial charge < -0.3 is 9.47 Å². The molecule has 2 atom stereocenters. The van der Waals surface area contributed by atoms with Crippen LogP contribution >= 0.6 is 0 Å². The number of hydrogen-bond donors (Lipinski definition) is 0. The van der Waals surface area contributed by atoms with Gasteiger partial charge in [0.25, 0.3) is 0 Å². The summed E-state index contributed by atoms with van der Waals surface area (Å²) in [7, 11) is 0. The molecule has 1 aliphatic rings. The molecule has 0 aliphatic carbocycles. The Morgan fingerprint density at radius 3 is 1.64 bits per heavy atom. The van der Waals surface area contributed by atoms with Gasteiger partial charge in [0.2, 0.25) is 0 Å². The van der Waals surface area contributed by atoms with E-state index in [1.807, 2.05) is 0 Å². The minimum Gasteiger partial charge on any atom is -0.465 e. The van der Waals surface area contributed by atoms with E-state index in [9.17, 15) is 9.59 Å². The maximum atomic E-state index is 11.4. The van der Waals surface area contributed by atoms with E-state index in [2.05, 4.69) is 0 Å². The van der Waals surface area contributed by atoms with Crippen LogP contribution in [0.5, 0.6) is 0 Å². The van der Waals surface area contributed by atoms with Crippen LogP contribution in [0.25, 0.3) is 0 Å². The molecule has 1 fully saturated rings. The van der Waals surface area contributed by atoms with Crippen molar-refractivity contribution in [2.45, 2.75) is 26.7 Å². The molecule has 80 valence electrons. The summed E-state index contributed by atoms with van der Waals surface area (Å²) in [5.41, 5.74) is 0. The number of hydrogen-bond acceptors (Lipinski definition) is 4. The van der Waals surface area contributed by atoms with Crippen LogP contribution in [-0.4, -0.2) is 25.2 Å². The van der Waals surface area contributed by atoms with Crippen molar-refractivity contribution >= 4 is 11.9 Å². The van der Waals surface area contributed by atoms with Gasteiger partial charge in [-0.25, -0.2) is 0 Å². The van der Waals surface area contributed by atoms with Crippen molar-refractivity contribution in [1.29, 1.82) is 0 Å². The number of rotatable bonds is 0. The van der Waals surface area contributed by atoms with E-state index < -0.39 is 11.8 Å². The summed E-state index contributed by atoms with van der Waals surface area (Å²) >= 11 is 0. The first-order valence-corrected chi connectivity index (χ1v) is 4.96. The second kappa shape index (κ2) is 4.98. The minimum atomic E-state index is -0.416. The third-order valence-corrected chi connectivity index (χ3v) is 2.52. The molecular weight excluding hydrogens is 184 g/mol. The number of ether oxygens (including phenoxy) is 2. The fourth-order valence-corrected chi connectivity index (χ4v) is 1.22. The average molecular weight is 200 g/mol. The molecule has 0 bridgehead atoms. The lowest BCUT2D eigenvalue weighted by atomic mass is 9.96. The summed E-state index contributed by atoms with van der Waals surface area (Å²) in [5, 5.41) is 0. The maximum absolute atomic E-state index is 11.4. The lowest BCUT2D eigenvalue weighted by Crippen LogP contribution is -2.30. The Morgan fingerprint density at radius 2 is 1.29 bits per heavy atom. The fourth-order valence-electron chi connectivity index (χ4n) is 1.22. The smallest absolute Gasteiger partial charge is 0.309 e. The van der Waals surface area contributed by atoms with E-state index in [4.69, 9.17) is 9.47 Å². The van der Waals surface area contributed by atoms with Gasteiger partial charge in [-0.05, 0) is 12.8 Å². The van der Waals surface area contributed by atoms with E-state index in [0.717, 1.165) is 12.8 Å². The summed E-state index contributed by atoms with van der Waals surface area (Å²) in [4.78, 5) is 22.7. The normalized spacial score (nSPS) is 30.4. The third kappa shape index (κ3) is 2.72. The predicted molar refractivity (Wildman–Crippen MR) is 49.5 cm³/mol. The molecule has 0 saturated carbocycles. The van der Waals surface area contributed by atoms with Crippen molar-refractivity contribution in [3.8, 4) is 0 Å². The van der Waals surface area contributed by atoms with Gasteiger partial charge in [0, 0.05) is 0 Å². The summed E-state index contributed by atoms with van der Waals surface area (Å²) in [5.74, 6) is -1.45. The molecule has 0 spiro atoms. The van der Waals surface area contributed by atoms with Gasteiger partial charge in [-0.1, -0.05) is 13.8 Å². The first kappa shape index (κ1) is 11.0. The predicted octanol–water partition coefficient (Wildman–Crippen LogP) is 1.14. The summed E-state index contributed by atoms with van der Waals surface area (Å²) in [6, 6.07) is 0. The molecule has 0 aromatic heterocycles. The van der Waals surface area contributed by atoms with Gasteiger partial charge in [-0.2, -0.15) is 0 Å². The van der Waals surface area contributed by atoms with Gasteiger partial charge in [0.05, 0.1) is 25.0 Å². The lowest BCUT2D eigenvalue weighted by molar-refractivity contribution is -0.161. The highest BCUT2D eigenvalue weighted by Gasteiger charge is 2.28. The van der Waals surface area contributed by atoms with Crippen LogP contribution < -0.4 is 0 Å². The molecule has 0 aromatic carbocycles. The van der Waals surface area contributed by atoms with Gasteiger partial charge >= 0.3 is 11.9 Å². The second-order valence-corrected chi connectivity index (χ2v) is 3.62. The first-order valence-electron chi connectivity index (χ1n) is 4.96. The van der Waals surface area contributed by atoms with Crippen LogP contribution in [-0.2, 0) is 19.1 Å². The largest absolute Gasteiger partial charge is 0.465 e. The summed E-state index contributed by atoms with van der Waals surface area (Å²) in [6.45, 7) is 4.23. The molecular formula is C10H16O4. The SMILES string of the molecule is CC1C(=O)OCCCCOC(=O)C1C. The Balaban J connectivity index is 2.62. The number of carbonyl (C=O) groups excluding carboxylic acids is 2. The maximum Gasteiger partial charge on any atom is 0.309 e. The van der Waals surface area contributed by atoms with Gasteiger partial charge in [0.1, 0.15) is 0 Å². The topological polar surface area (TPSA) is 52.6 Å². The lowest BCUT2D eigenvalue weighted by Gasteiger charge is -2.19. The fraction of sp³-hybridized carbons (Fsp3) is 0.800. The van der Waals surface area contributed by atoms with Crippen molar-refractivity contribution < 1.29 is 19.1 Å². The Kier molecular flexibility index (Phi) is 3.92. The quantitative estimate of drug-likeness (QED) is 0.550. The first-order chi connectivity index (χ1) is 6.63. The molecule has 14 heavy (non-hydrogen) atoms. The highest BCUT2D eigenvalue weighted by atomic mass is 16.5. The van der Waals surface area contributed by atoms with Crippen LogP contribution in [0.3, 0.4) is 0 Å². The molecule has 4 heteroatoms. The third-order valence-electron chi connectivity index (χ3n) is 2.52. The van der Waals surface area contributed by atoms with Crippen molar-refractivity contribution in [1.82, 2.24) is 0 Å². The molecule has 0 aromatic rings. The molecule has 0 amide bonds. The molecule has 1 saturated heterocycles. The standard InChI is InChI=1S/C10H16O4/c1-7-8(2)10(12)14-6-4-3-5-13-9(7)11/h7-8H,3-6H2,1-2H3. The number of carbonyl (C=O) groups is 2. The zero-order chi connectivity index (χ0) is 10.6. The molecule has 1 rings (SSSR count). The summed E-state index contributed by atoms with van der Waals surface area (Å²) < 4.78 is 10.0. The number of cyclic esters (lactones) is 2. The molecule has 4 nitrogen and oxygen atoms in total. The highest BCUT2D eigenvalue weighted by molar-refractivity contribution is 5.81. The van der Waals surface area contributed by atoms with Crippen LogP contribution in [0.4, 0.5) is 0 Å². The summed E-state index contributed by atoms with van der Waals surface area (Å²) in [6.07, 6.45) is 1.50. The van der Waals surface area contributed by atoms with E-state index in [-0.39, 0.29) is 11.9 Å². The number of esters is 2. The Bertz CT molecular complexity index is 200. The van der Waals surface area contributed by atoms with Crippen molar-refractivity contribution in [3.05, 3.63) is 0 Å². The minimum absolute atomic E-state index is 0.309. The van der Waals surface area contributed by atoms with Crippen LogP contribution in [0.15, 0.2) is 0 Å². The average Bonchev–Trinajstić information content (AvgIpc) is 2.19. The monoisotopic (exact) mass is 200 g/mol. The van der Waals surface area contributed by atoms with Crippen molar-refractivity contribution in [2.75, 3.05) is 13.2 Å².